The highest BCUT2D eigenvalue weighted by atomic mass is 28.4. The number of rotatable bonds is 9. The number of carbonyl (C=O) groups is 2. The topological polar surface area (TPSA) is 52.6 Å². The van der Waals surface area contributed by atoms with Crippen molar-refractivity contribution in [3.05, 3.63) is 47.5 Å². The molecule has 6 atom stereocenters. The van der Waals surface area contributed by atoms with Gasteiger partial charge in [0.25, 0.3) is 0 Å². The van der Waals surface area contributed by atoms with Crippen LogP contribution in [0.25, 0.3) is 0 Å². The molecular weight excluding hydrogens is 452 g/mol. The van der Waals surface area contributed by atoms with Crippen LogP contribution < -0.4 is 0 Å². The summed E-state index contributed by atoms with van der Waals surface area (Å²) in [7, 11) is -2.04. The molecule has 1 aromatic rings. The van der Waals surface area contributed by atoms with E-state index in [1.807, 2.05) is 18.2 Å². The molecule has 4 nitrogen and oxygen atoms in total. The number of hydrogen-bond acceptors (Lipinski definition) is 4. The van der Waals surface area contributed by atoms with E-state index in [0.29, 0.717) is 28.1 Å². The first-order chi connectivity index (χ1) is 16.5. The molecule has 194 valence electrons. The van der Waals surface area contributed by atoms with Crippen LogP contribution in [0.3, 0.4) is 0 Å². The van der Waals surface area contributed by atoms with Crippen LogP contribution in [0, 0.1) is 29.6 Å². The van der Waals surface area contributed by atoms with E-state index in [9.17, 15) is 9.59 Å². The van der Waals surface area contributed by atoms with Gasteiger partial charge in [-0.2, -0.15) is 0 Å². The highest BCUT2D eigenvalue weighted by molar-refractivity contribution is 6.77. The summed E-state index contributed by atoms with van der Waals surface area (Å²) < 4.78 is 13.0. The summed E-state index contributed by atoms with van der Waals surface area (Å²) in [4.78, 5) is 25.1. The Balaban J connectivity index is 1.87. The maximum Gasteiger partial charge on any atom is 0.338 e. The van der Waals surface area contributed by atoms with Crippen molar-refractivity contribution in [3.8, 4) is 0 Å². The Morgan fingerprint density at radius 2 is 1.63 bits per heavy atom. The van der Waals surface area contributed by atoms with Crippen molar-refractivity contribution in [2.75, 3.05) is 6.61 Å². The van der Waals surface area contributed by atoms with Crippen molar-refractivity contribution in [1.29, 1.82) is 0 Å². The molecule has 0 N–H and O–H groups in total. The van der Waals surface area contributed by atoms with Gasteiger partial charge in [0, 0.05) is 17.8 Å². The average molecular weight is 499 g/mol. The molecule has 2 aliphatic carbocycles. The first-order valence-corrected chi connectivity index (χ1v) is 15.7. The van der Waals surface area contributed by atoms with E-state index in [-0.39, 0.29) is 42.4 Å². The molecule has 35 heavy (non-hydrogen) atoms. The maximum absolute atomic E-state index is 12.6. The highest BCUT2D eigenvalue weighted by Gasteiger charge is 2.52. The normalized spacial score (nSPS) is 29.2. The Labute approximate surface area is 214 Å². The van der Waals surface area contributed by atoms with Gasteiger partial charge >= 0.3 is 5.97 Å². The summed E-state index contributed by atoms with van der Waals surface area (Å²) >= 11 is 0. The van der Waals surface area contributed by atoms with Crippen molar-refractivity contribution < 1.29 is 18.8 Å². The first kappa shape index (κ1) is 27.9. The molecule has 5 heteroatoms. The summed E-state index contributed by atoms with van der Waals surface area (Å²) in [6.07, 6.45) is 5.77. The van der Waals surface area contributed by atoms with E-state index < -0.39 is 8.32 Å². The molecular formula is C30H46O4Si. The number of ether oxygens (including phenoxy) is 1. The Kier molecular flexibility index (Phi) is 9.20. The molecule has 3 rings (SSSR count). The third kappa shape index (κ3) is 5.51. The van der Waals surface area contributed by atoms with Gasteiger partial charge in [-0.25, -0.2) is 4.79 Å². The van der Waals surface area contributed by atoms with Crippen LogP contribution >= 0.6 is 0 Å². The van der Waals surface area contributed by atoms with Crippen LogP contribution in [0.5, 0.6) is 0 Å². The van der Waals surface area contributed by atoms with Gasteiger partial charge in [-0.15, -0.1) is 0 Å². The van der Waals surface area contributed by atoms with Crippen molar-refractivity contribution >= 4 is 20.6 Å². The monoisotopic (exact) mass is 498 g/mol. The van der Waals surface area contributed by atoms with Crippen LogP contribution in [0.2, 0.25) is 16.6 Å². The van der Waals surface area contributed by atoms with Crippen LogP contribution in [0.1, 0.15) is 78.6 Å². The third-order valence-corrected chi connectivity index (χ3v) is 15.1. The second-order valence-corrected chi connectivity index (χ2v) is 17.3. The third-order valence-electron chi connectivity index (χ3n) is 9.01. The smallest absolute Gasteiger partial charge is 0.338 e. The maximum atomic E-state index is 12.6. The molecule has 0 bridgehead atoms. The zero-order valence-electron chi connectivity index (χ0n) is 23.0. The van der Waals surface area contributed by atoms with Crippen molar-refractivity contribution in [1.82, 2.24) is 0 Å². The van der Waals surface area contributed by atoms with Crippen LogP contribution in [0.15, 0.2) is 42.0 Å². The zero-order valence-corrected chi connectivity index (χ0v) is 24.0. The minimum absolute atomic E-state index is 0.0788. The summed E-state index contributed by atoms with van der Waals surface area (Å²) in [5.41, 5.74) is 3.28. The molecule has 2 aliphatic rings. The summed E-state index contributed by atoms with van der Waals surface area (Å²) in [6, 6.07) is 9.07. The van der Waals surface area contributed by atoms with E-state index in [0.717, 1.165) is 24.7 Å². The van der Waals surface area contributed by atoms with E-state index in [1.54, 1.807) is 12.1 Å². The molecule has 0 aromatic heterocycles. The molecule has 0 aliphatic heterocycles. The van der Waals surface area contributed by atoms with Gasteiger partial charge in [0.2, 0.25) is 8.32 Å². The first-order valence-electron chi connectivity index (χ1n) is 13.6. The van der Waals surface area contributed by atoms with Gasteiger partial charge in [-0.05, 0) is 60.4 Å². The second-order valence-electron chi connectivity index (χ2n) is 11.9. The molecule has 0 spiro atoms. The Bertz CT molecular complexity index is 869. The Morgan fingerprint density at radius 1 is 1.03 bits per heavy atom. The van der Waals surface area contributed by atoms with E-state index in [4.69, 9.17) is 9.16 Å². The highest BCUT2D eigenvalue weighted by Crippen LogP contribution is 2.51. The largest absolute Gasteiger partial charge is 0.461 e. The molecule has 1 fully saturated rings. The average Bonchev–Trinajstić information content (AvgIpc) is 2.81. The minimum atomic E-state index is -2.04. The molecule has 0 saturated heterocycles. The zero-order chi connectivity index (χ0) is 25.9. The number of hydrogen-bond donors (Lipinski definition) is 0. The standard InChI is InChI=1S/C30H46O4Si/c1-19(2)35(20(3)4,21(5)6)34-28-15-14-22(7)29-25(28)16-23(8)27(26(29)17-31)18-33-30(32)24-12-10-9-11-13-24/h9-13,16-17,19-22,25-29H,14-15,18H2,1-8H3/t22-,25?,26?,27?,28-,29?/m0/s1. The number of fused-ring (bicyclic) bond motifs is 1. The number of benzene rings is 1. The molecule has 0 heterocycles. The molecule has 1 saturated carbocycles. The molecule has 0 radical (unpaired) electrons. The van der Waals surface area contributed by atoms with Gasteiger partial charge in [-0.3, -0.25) is 0 Å². The SMILES string of the molecule is CC1=CC2C(C(C=O)C1COC(=O)c1ccccc1)[C@@H](C)CC[C@@H]2O[Si](C(C)C)(C(C)C)C(C)C. The number of carbonyl (C=O) groups excluding carboxylic acids is 2. The summed E-state index contributed by atoms with van der Waals surface area (Å²) in [5, 5.41) is 0. The lowest BCUT2D eigenvalue weighted by Gasteiger charge is -2.52. The van der Waals surface area contributed by atoms with Crippen LogP contribution in [-0.4, -0.2) is 33.3 Å². The lowest BCUT2D eigenvalue weighted by atomic mass is 9.59. The number of esters is 1. The lowest BCUT2D eigenvalue weighted by Crippen LogP contribution is -2.55. The van der Waals surface area contributed by atoms with E-state index in [1.165, 1.54) is 0 Å². The molecule has 1 aromatic carbocycles. The van der Waals surface area contributed by atoms with E-state index in [2.05, 4.69) is 61.5 Å². The minimum Gasteiger partial charge on any atom is -0.461 e. The summed E-state index contributed by atoms with van der Waals surface area (Å²) in [6.45, 7) is 18.6. The van der Waals surface area contributed by atoms with Gasteiger partial charge in [-0.1, -0.05) is 78.3 Å². The second kappa shape index (κ2) is 11.6. The van der Waals surface area contributed by atoms with Gasteiger partial charge in [0.05, 0.1) is 18.3 Å². The van der Waals surface area contributed by atoms with Crippen molar-refractivity contribution in [2.45, 2.75) is 91.0 Å². The van der Waals surface area contributed by atoms with Gasteiger partial charge in [0.1, 0.15) is 6.29 Å². The fourth-order valence-corrected chi connectivity index (χ4v) is 13.0. The van der Waals surface area contributed by atoms with Crippen molar-refractivity contribution in [3.63, 3.8) is 0 Å². The predicted molar refractivity (Wildman–Crippen MR) is 145 cm³/mol. The van der Waals surface area contributed by atoms with Crippen LogP contribution in [0.4, 0.5) is 0 Å². The Hall–Kier alpha value is -1.72. The Morgan fingerprint density at radius 3 is 2.17 bits per heavy atom. The lowest BCUT2D eigenvalue weighted by molar-refractivity contribution is -0.119. The van der Waals surface area contributed by atoms with Crippen molar-refractivity contribution in [2.24, 2.45) is 29.6 Å². The fraction of sp³-hybridized carbons (Fsp3) is 0.667. The number of aldehydes is 1. The molecule has 4 unspecified atom stereocenters. The van der Waals surface area contributed by atoms with Gasteiger partial charge in [0.15, 0.2) is 0 Å². The quantitative estimate of drug-likeness (QED) is 0.153. The van der Waals surface area contributed by atoms with Crippen LogP contribution in [-0.2, 0) is 14.0 Å². The summed E-state index contributed by atoms with van der Waals surface area (Å²) in [5.74, 6) is 0.310. The van der Waals surface area contributed by atoms with Gasteiger partial charge < -0.3 is 14.0 Å². The fourth-order valence-electron chi connectivity index (χ4n) is 7.35. The molecule has 0 amide bonds. The van der Waals surface area contributed by atoms with E-state index >= 15 is 0 Å². The predicted octanol–water partition coefficient (Wildman–Crippen LogP) is 7.46.